The maximum absolute atomic E-state index is 2.42. The van der Waals surface area contributed by atoms with Gasteiger partial charge in [0.05, 0.1) is 8.07 Å². The van der Waals surface area contributed by atoms with Gasteiger partial charge in [0.15, 0.2) is 0 Å². The lowest BCUT2D eigenvalue weighted by atomic mass is 10.0. The standard InChI is InChI=1S/C19H28N2Si/c1-20(2)16-10-8-15(9-11-16)18-13-12-17(21(3)4)14-19(18)22(5,6)7/h8-14H,1-7H3. The number of hydrogen-bond acceptors (Lipinski definition) is 2. The Balaban J connectivity index is 2.54. The first-order chi connectivity index (χ1) is 10.2. The molecule has 2 nitrogen and oxygen atoms in total. The Hall–Kier alpha value is -1.74. The van der Waals surface area contributed by atoms with Crippen molar-refractivity contribution in [1.29, 1.82) is 0 Å². The molecule has 0 saturated heterocycles. The van der Waals surface area contributed by atoms with Crippen LogP contribution in [0.2, 0.25) is 19.6 Å². The minimum Gasteiger partial charge on any atom is -0.378 e. The van der Waals surface area contributed by atoms with Crippen molar-refractivity contribution in [2.75, 3.05) is 38.0 Å². The summed E-state index contributed by atoms with van der Waals surface area (Å²) in [7, 11) is 6.96. The molecule has 3 heteroatoms. The summed E-state index contributed by atoms with van der Waals surface area (Å²) in [5.74, 6) is 0. The van der Waals surface area contributed by atoms with Gasteiger partial charge in [0.1, 0.15) is 0 Å². The van der Waals surface area contributed by atoms with Gasteiger partial charge in [0.2, 0.25) is 0 Å². The summed E-state index contributed by atoms with van der Waals surface area (Å²) in [4.78, 5) is 4.32. The second-order valence-corrected chi connectivity index (χ2v) is 12.4. The van der Waals surface area contributed by atoms with Gasteiger partial charge < -0.3 is 9.80 Å². The molecule has 0 fully saturated rings. The third-order valence-corrected chi connectivity index (χ3v) is 6.05. The molecular weight excluding hydrogens is 284 g/mol. The number of benzene rings is 2. The van der Waals surface area contributed by atoms with E-state index in [1.807, 2.05) is 0 Å². The van der Waals surface area contributed by atoms with Gasteiger partial charge in [-0.05, 0) is 35.4 Å². The summed E-state index contributed by atoms with van der Waals surface area (Å²) in [6.07, 6.45) is 0. The van der Waals surface area contributed by atoms with Crippen LogP contribution in [0.3, 0.4) is 0 Å². The first-order valence-electron chi connectivity index (χ1n) is 7.80. The van der Waals surface area contributed by atoms with E-state index in [1.165, 1.54) is 27.7 Å². The molecule has 2 aromatic carbocycles. The van der Waals surface area contributed by atoms with Gasteiger partial charge in [-0.25, -0.2) is 0 Å². The zero-order chi connectivity index (χ0) is 16.5. The Morgan fingerprint density at radius 1 is 0.682 bits per heavy atom. The molecule has 22 heavy (non-hydrogen) atoms. The van der Waals surface area contributed by atoms with Crippen molar-refractivity contribution in [1.82, 2.24) is 0 Å². The number of nitrogens with zero attached hydrogens (tertiary/aromatic N) is 2. The lowest BCUT2D eigenvalue weighted by Gasteiger charge is -2.24. The van der Waals surface area contributed by atoms with E-state index in [2.05, 4.69) is 100 Å². The maximum Gasteiger partial charge on any atom is 0.0785 e. The minimum absolute atomic E-state index is 1.24. The molecule has 0 aliphatic rings. The van der Waals surface area contributed by atoms with Crippen LogP contribution in [-0.2, 0) is 0 Å². The smallest absolute Gasteiger partial charge is 0.0785 e. The van der Waals surface area contributed by atoms with Crippen LogP contribution in [0.5, 0.6) is 0 Å². The fraction of sp³-hybridized carbons (Fsp3) is 0.368. The highest BCUT2D eigenvalue weighted by Crippen LogP contribution is 2.25. The van der Waals surface area contributed by atoms with E-state index in [0.717, 1.165) is 0 Å². The van der Waals surface area contributed by atoms with Crippen LogP contribution in [0.15, 0.2) is 42.5 Å². The van der Waals surface area contributed by atoms with Gasteiger partial charge in [0.25, 0.3) is 0 Å². The molecule has 0 spiro atoms. The SMILES string of the molecule is CN(C)c1ccc(-c2ccc(N(C)C)cc2[Si](C)(C)C)cc1. The Kier molecular flexibility index (Phi) is 4.66. The maximum atomic E-state index is 2.42. The largest absolute Gasteiger partial charge is 0.378 e. The molecular formula is C19H28N2Si. The van der Waals surface area contributed by atoms with Gasteiger partial charge in [-0.15, -0.1) is 0 Å². The van der Waals surface area contributed by atoms with Crippen LogP contribution in [-0.4, -0.2) is 36.3 Å². The van der Waals surface area contributed by atoms with Crippen molar-refractivity contribution in [3.8, 4) is 11.1 Å². The molecule has 0 N–H and O–H groups in total. The van der Waals surface area contributed by atoms with Crippen molar-refractivity contribution in [2.45, 2.75) is 19.6 Å². The van der Waals surface area contributed by atoms with Crippen molar-refractivity contribution in [3.63, 3.8) is 0 Å². The summed E-state index contributed by atoms with van der Waals surface area (Å²) in [5.41, 5.74) is 5.22. The van der Waals surface area contributed by atoms with Gasteiger partial charge in [0, 0.05) is 39.6 Å². The summed E-state index contributed by atoms with van der Waals surface area (Å²) < 4.78 is 0. The van der Waals surface area contributed by atoms with Crippen LogP contribution < -0.4 is 15.0 Å². The molecule has 0 heterocycles. The van der Waals surface area contributed by atoms with E-state index >= 15 is 0 Å². The molecule has 0 saturated carbocycles. The molecule has 2 rings (SSSR count). The molecule has 2 aromatic rings. The lowest BCUT2D eigenvalue weighted by molar-refractivity contribution is 1.13. The van der Waals surface area contributed by atoms with Gasteiger partial charge in [-0.2, -0.15) is 0 Å². The molecule has 0 aliphatic carbocycles. The Morgan fingerprint density at radius 2 is 1.18 bits per heavy atom. The van der Waals surface area contributed by atoms with E-state index in [4.69, 9.17) is 0 Å². The first kappa shape index (κ1) is 16.6. The molecule has 0 aromatic heterocycles. The molecule has 0 unspecified atom stereocenters. The summed E-state index contributed by atoms with van der Waals surface area (Å²) in [6, 6.07) is 15.8. The zero-order valence-corrected chi connectivity index (χ0v) is 15.9. The van der Waals surface area contributed by atoms with Crippen molar-refractivity contribution in [3.05, 3.63) is 42.5 Å². The van der Waals surface area contributed by atoms with Gasteiger partial charge in [-0.1, -0.05) is 43.0 Å². The third kappa shape index (κ3) is 3.53. The highest BCUT2D eigenvalue weighted by molar-refractivity contribution is 6.89. The zero-order valence-electron chi connectivity index (χ0n) is 14.9. The fourth-order valence-corrected chi connectivity index (χ4v) is 4.24. The van der Waals surface area contributed by atoms with E-state index in [9.17, 15) is 0 Å². The molecule has 0 aliphatic heterocycles. The van der Waals surface area contributed by atoms with E-state index < -0.39 is 8.07 Å². The van der Waals surface area contributed by atoms with E-state index in [0.29, 0.717) is 0 Å². The normalized spacial score (nSPS) is 11.4. The summed E-state index contributed by atoms with van der Waals surface area (Å²) in [6.45, 7) is 7.25. The fourth-order valence-electron chi connectivity index (χ4n) is 2.62. The second-order valence-electron chi connectivity index (χ2n) is 7.32. The predicted octanol–water partition coefficient (Wildman–Crippen LogP) is 4.03. The van der Waals surface area contributed by atoms with Gasteiger partial charge >= 0.3 is 0 Å². The Bertz CT molecular complexity index is 637. The van der Waals surface area contributed by atoms with E-state index in [-0.39, 0.29) is 0 Å². The summed E-state index contributed by atoms with van der Waals surface area (Å²) in [5, 5.41) is 1.52. The van der Waals surface area contributed by atoms with Crippen molar-refractivity contribution >= 4 is 24.6 Å². The summed E-state index contributed by atoms with van der Waals surface area (Å²) >= 11 is 0. The number of hydrogen-bond donors (Lipinski definition) is 0. The molecule has 0 amide bonds. The second kappa shape index (κ2) is 6.17. The lowest BCUT2D eigenvalue weighted by Crippen LogP contribution is -2.39. The highest BCUT2D eigenvalue weighted by Gasteiger charge is 2.21. The quantitative estimate of drug-likeness (QED) is 0.787. The molecule has 0 bridgehead atoms. The number of rotatable bonds is 4. The molecule has 118 valence electrons. The van der Waals surface area contributed by atoms with Crippen LogP contribution in [0, 0.1) is 0 Å². The van der Waals surface area contributed by atoms with Crippen molar-refractivity contribution in [2.24, 2.45) is 0 Å². The Labute approximate surface area is 136 Å². The average Bonchev–Trinajstić information content (AvgIpc) is 2.45. The monoisotopic (exact) mass is 312 g/mol. The van der Waals surface area contributed by atoms with Crippen molar-refractivity contribution < 1.29 is 0 Å². The highest BCUT2D eigenvalue weighted by atomic mass is 28.3. The molecule has 0 radical (unpaired) electrons. The molecule has 0 atom stereocenters. The van der Waals surface area contributed by atoms with Crippen LogP contribution >= 0.6 is 0 Å². The predicted molar refractivity (Wildman–Crippen MR) is 104 cm³/mol. The first-order valence-corrected chi connectivity index (χ1v) is 11.3. The third-order valence-electron chi connectivity index (χ3n) is 4.02. The van der Waals surface area contributed by atoms with Gasteiger partial charge in [-0.3, -0.25) is 0 Å². The topological polar surface area (TPSA) is 6.48 Å². The van der Waals surface area contributed by atoms with Crippen LogP contribution in [0.1, 0.15) is 0 Å². The van der Waals surface area contributed by atoms with E-state index in [1.54, 1.807) is 0 Å². The Morgan fingerprint density at radius 3 is 1.64 bits per heavy atom. The average molecular weight is 313 g/mol. The minimum atomic E-state index is -1.41. The number of anilines is 2. The van der Waals surface area contributed by atoms with Crippen LogP contribution in [0.25, 0.3) is 11.1 Å². The van der Waals surface area contributed by atoms with Crippen LogP contribution in [0.4, 0.5) is 11.4 Å².